The van der Waals surface area contributed by atoms with Gasteiger partial charge in [0.05, 0.1) is 0 Å². The number of halogens is 1. The Labute approximate surface area is 119 Å². The summed E-state index contributed by atoms with van der Waals surface area (Å²) in [5.41, 5.74) is 4.21. The highest BCUT2D eigenvalue weighted by Gasteiger charge is 2.26. The van der Waals surface area contributed by atoms with Gasteiger partial charge >= 0.3 is 6.03 Å². The maximum Gasteiger partial charge on any atom is 0.333 e. The van der Waals surface area contributed by atoms with Gasteiger partial charge in [0.2, 0.25) is 0 Å². The van der Waals surface area contributed by atoms with Gasteiger partial charge in [-0.25, -0.2) is 14.2 Å². The minimum absolute atomic E-state index is 0.318. The van der Waals surface area contributed by atoms with Crippen LogP contribution in [0.5, 0.6) is 0 Å². The number of anilines is 1. The molecule has 0 radical (unpaired) electrons. The second kappa shape index (κ2) is 6.22. The smallest absolute Gasteiger partial charge is 0.307 e. The first-order valence-electron chi connectivity index (χ1n) is 7.09. The van der Waals surface area contributed by atoms with Gasteiger partial charge in [-0.15, -0.1) is 0 Å². The molecule has 1 aliphatic rings. The molecule has 2 rings (SSSR count). The van der Waals surface area contributed by atoms with Crippen molar-refractivity contribution in [3.8, 4) is 0 Å². The number of nitrogens with zero attached hydrogens (tertiary/aromatic N) is 1. The van der Waals surface area contributed by atoms with Crippen molar-refractivity contribution in [2.75, 3.05) is 5.32 Å². The lowest BCUT2D eigenvalue weighted by molar-refractivity contribution is 0.0625. The van der Waals surface area contributed by atoms with Crippen molar-refractivity contribution in [2.45, 2.75) is 52.1 Å². The van der Waals surface area contributed by atoms with E-state index in [0.29, 0.717) is 17.8 Å². The van der Waals surface area contributed by atoms with E-state index in [1.54, 1.807) is 6.07 Å². The standard InChI is InChI=1S/C15H22FN3O/c1-10-7-8-13(16)9-14(10)17-15(20)18-19-11(2)5-4-6-12(19)3/h7-9,11-12H,4-6H2,1-3H3,(H2,17,18,20)/t11-,12-/m1/s1. The fraction of sp³-hybridized carbons (Fsp3) is 0.533. The van der Waals surface area contributed by atoms with E-state index in [2.05, 4.69) is 24.6 Å². The van der Waals surface area contributed by atoms with Gasteiger partial charge in [0, 0.05) is 17.8 Å². The molecule has 4 nitrogen and oxygen atoms in total. The molecule has 1 fully saturated rings. The van der Waals surface area contributed by atoms with E-state index in [1.807, 2.05) is 11.9 Å². The maximum atomic E-state index is 13.2. The molecule has 1 heterocycles. The summed E-state index contributed by atoms with van der Waals surface area (Å²) in [5.74, 6) is -0.356. The van der Waals surface area contributed by atoms with Crippen molar-refractivity contribution < 1.29 is 9.18 Å². The van der Waals surface area contributed by atoms with E-state index in [0.717, 1.165) is 18.4 Å². The summed E-state index contributed by atoms with van der Waals surface area (Å²) in [5, 5.41) is 4.69. The Morgan fingerprint density at radius 1 is 1.30 bits per heavy atom. The third kappa shape index (κ3) is 3.48. The van der Waals surface area contributed by atoms with Crippen LogP contribution >= 0.6 is 0 Å². The average Bonchev–Trinajstić information content (AvgIpc) is 2.38. The fourth-order valence-electron chi connectivity index (χ4n) is 2.64. The van der Waals surface area contributed by atoms with Crippen LogP contribution in [0.2, 0.25) is 0 Å². The summed E-state index contributed by atoms with van der Waals surface area (Å²) in [7, 11) is 0. The number of benzene rings is 1. The summed E-state index contributed by atoms with van der Waals surface area (Å²) < 4.78 is 13.2. The van der Waals surface area contributed by atoms with Crippen LogP contribution in [0, 0.1) is 12.7 Å². The first-order chi connectivity index (χ1) is 9.47. The SMILES string of the molecule is Cc1ccc(F)cc1NC(=O)NN1[C@H](C)CCC[C@H]1C. The lowest BCUT2D eigenvalue weighted by Gasteiger charge is -2.38. The molecule has 0 aromatic heterocycles. The number of hydrogen-bond donors (Lipinski definition) is 2. The van der Waals surface area contributed by atoms with Gasteiger partial charge in [-0.2, -0.15) is 0 Å². The predicted molar refractivity (Wildman–Crippen MR) is 77.9 cm³/mol. The number of piperidine rings is 1. The number of hydrogen-bond acceptors (Lipinski definition) is 2. The summed E-state index contributed by atoms with van der Waals surface area (Å²) in [6, 6.07) is 4.68. The summed E-state index contributed by atoms with van der Waals surface area (Å²) in [6.07, 6.45) is 3.33. The van der Waals surface area contributed by atoms with Crippen molar-refractivity contribution in [2.24, 2.45) is 0 Å². The second-order valence-corrected chi connectivity index (χ2v) is 5.56. The highest BCUT2D eigenvalue weighted by Crippen LogP contribution is 2.21. The van der Waals surface area contributed by atoms with Gasteiger partial charge in [0.15, 0.2) is 0 Å². The van der Waals surface area contributed by atoms with E-state index in [9.17, 15) is 9.18 Å². The van der Waals surface area contributed by atoms with Gasteiger partial charge in [0.25, 0.3) is 0 Å². The zero-order valence-electron chi connectivity index (χ0n) is 12.2. The molecular formula is C15H22FN3O. The van der Waals surface area contributed by atoms with Crippen LogP contribution in [0.15, 0.2) is 18.2 Å². The number of aryl methyl sites for hydroxylation is 1. The van der Waals surface area contributed by atoms with E-state index in [4.69, 9.17) is 0 Å². The van der Waals surface area contributed by atoms with E-state index in [1.165, 1.54) is 18.6 Å². The van der Waals surface area contributed by atoms with Gasteiger partial charge in [-0.3, -0.25) is 5.43 Å². The lowest BCUT2D eigenvalue weighted by atomic mass is 10.00. The minimum Gasteiger partial charge on any atom is -0.307 e. The highest BCUT2D eigenvalue weighted by molar-refractivity contribution is 5.89. The Hall–Kier alpha value is -1.62. The van der Waals surface area contributed by atoms with Gasteiger partial charge in [-0.05, 0) is 51.3 Å². The van der Waals surface area contributed by atoms with Crippen LogP contribution < -0.4 is 10.7 Å². The Kier molecular flexibility index (Phi) is 4.60. The molecule has 2 N–H and O–H groups in total. The molecule has 0 saturated carbocycles. The average molecular weight is 279 g/mol. The maximum absolute atomic E-state index is 13.2. The fourth-order valence-corrected chi connectivity index (χ4v) is 2.64. The summed E-state index contributed by atoms with van der Waals surface area (Å²) in [4.78, 5) is 12.0. The molecule has 2 amide bonds. The number of rotatable bonds is 2. The quantitative estimate of drug-likeness (QED) is 0.871. The molecule has 0 aliphatic carbocycles. The molecule has 5 heteroatoms. The van der Waals surface area contributed by atoms with Crippen LogP contribution in [0.3, 0.4) is 0 Å². The summed E-state index contributed by atoms with van der Waals surface area (Å²) >= 11 is 0. The van der Waals surface area contributed by atoms with Crippen molar-refractivity contribution in [1.82, 2.24) is 10.4 Å². The largest absolute Gasteiger partial charge is 0.333 e. The van der Waals surface area contributed by atoms with Crippen LogP contribution in [0.1, 0.15) is 38.7 Å². The molecule has 1 aliphatic heterocycles. The molecule has 1 aromatic carbocycles. The number of hydrazine groups is 1. The monoisotopic (exact) mass is 279 g/mol. The van der Waals surface area contributed by atoms with Crippen LogP contribution in [0.25, 0.3) is 0 Å². The minimum atomic E-state index is -0.356. The molecule has 0 spiro atoms. The van der Waals surface area contributed by atoms with Gasteiger partial charge in [-0.1, -0.05) is 12.5 Å². The zero-order valence-corrected chi connectivity index (χ0v) is 12.2. The normalized spacial score (nSPS) is 23.4. The summed E-state index contributed by atoms with van der Waals surface area (Å²) in [6.45, 7) is 6.04. The number of carbonyl (C=O) groups is 1. The van der Waals surface area contributed by atoms with Crippen LogP contribution in [0.4, 0.5) is 14.9 Å². The second-order valence-electron chi connectivity index (χ2n) is 5.56. The lowest BCUT2D eigenvalue weighted by Crippen LogP contribution is -2.55. The van der Waals surface area contributed by atoms with Crippen molar-refractivity contribution in [3.63, 3.8) is 0 Å². The van der Waals surface area contributed by atoms with E-state index in [-0.39, 0.29) is 11.8 Å². The van der Waals surface area contributed by atoms with Crippen LogP contribution in [-0.4, -0.2) is 23.1 Å². The molecular weight excluding hydrogens is 257 g/mol. The third-order valence-corrected chi connectivity index (χ3v) is 3.87. The van der Waals surface area contributed by atoms with Crippen molar-refractivity contribution in [3.05, 3.63) is 29.6 Å². The number of urea groups is 1. The first kappa shape index (κ1) is 14.8. The van der Waals surface area contributed by atoms with Crippen molar-refractivity contribution >= 4 is 11.7 Å². The molecule has 2 atom stereocenters. The van der Waals surface area contributed by atoms with Gasteiger partial charge < -0.3 is 5.32 Å². The number of carbonyl (C=O) groups excluding carboxylic acids is 1. The van der Waals surface area contributed by atoms with Crippen molar-refractivity contribution in [1.29, 1.82) is 0 Å². The predicted octanol–water partition coefficient (Wildman–Crippen LogP) is 3.43. The molecule has 1 saturated heterocycles. The molecule has 1 aromatic rings. The van der Waals surface area contributed by atoms with E-state index < -0.39 is 0 Å². The van der Waals surface area contributed by atoms with E-state index >= 15 is 0 Å². The Morgan fingerprint density at radius 3 is 2.60 bits per heavy atom. The zero-order chi connectivity index (χ0) is 14.7. The number of nitrogens with one attached hydrogen (secondary N) is 2. The topological polar surface area (TPSA) is 44.4 Å². The van der Waals surface area contributed by atoms with Crippen LogP contribution in [-0.2, 0) is 0 Å². The highest BCUT2D eigenvalue weighted by atomic mass is 19.1. The first-order valence-corrected chi connectivity index (χ1v) is 7.09. The number of amides is 2. The molecule has 110 valence electrons. The molecule has 0 bridgehead atoms. The molecule has 20 heavy (non-hydrogen) atoms. The Bertz CT molecular complexity index is 482. The Balaban J connectivity index is 1.99. The third-order valence-electron chi connectivity index (χ3n) is 3.87. The molecule has 0 unspecified atom stereocenters. The Morgan fingerprint density at radius 2 is 1.95 bits per heavy atom. The van der Waals surface area contributed by atoms with Gasteiger partial charge in [0.1, 0.15) is 5.82 Å².